The van der Waals surface area contributed by atoms with Crippen LogP contribution in [0.25, 0.3) is 0 Å². The minimum Gasteiger partial charge on any atom is -0.482 e. The molecule has 7 heteroatoms. The molecule has 1 aromatic carbocycles. The molecule has 0 saturated heterocycles. The number of carbonyl (C=O) groups is 3. The zero-order valence-corrected chi connectivity index (χ0v) is 11.9. The van der Waals surface area contributed by atoms with Gasteiger partial charge in [-0.1, -0.05) is 12.1 Å². The van der Waals surface area contributed by atoms with Gasteiger partial charge in [0.05, 0.1) is 11.1 Å². The smallest absolute Gasteiger partial charge is 0.311 e. The van der Waals surface area contributed by atoms with E-state index in [2.05, 4.69) is 5.32 Å². The highest BCUT2D eigenvalue weighted by molar-refractivity contribution is 6.02. The standard InChI is InChI=1S/C15H16N2O5/c18-12(16-9-15(5-6-15)14(20)21)7-17-10-3-1-2-4-11(10)22-8-13(17)19/h1-4H,5-9H2,(H,16,18)(H,20,21). The Bertz CT molecular complexity index is 639. The Balaban J connectivity index is 1.64. The summed E-state index contributed by atoms with van der Waals surface area (Å²) in [6, 6.07) is 6.99. The first-order valence-electron chi connectivity index (χ1n) is 7.04. The number of nitrogens with one attached hydrogen (secondary N) is 1. The number of hydrogen-bond donors (Lipinski definition) is 2. The molecule has 1 aliphatic carbocycles. The van der Waals surface area contributed by atoms with E-state index in [0.717, 1.165) is 0 Å². The summed E-state index contributed by atoms with van der Waals surface area (Å²) < 4.78 is 5.30. The second kappa shape index (κ2) is 5.32. The van der Waals surface area contributed by atoms with Crippen LogP contribution in [0.5, 0.6) is 5.75 Å². The average molecular weight is 304 g/mol. The van der Waals surface area contributed by atoms with Gasteiger partial charge in [0.25, 0.3) is 5.91 Å². The van der Waals surface area contributed by atoms with Gasteiger partial charge < -0.3 is 15.2 Å². The number of ether oxygens (including phenoxy) is 1. The van der Waals surface area contributed by atoms with Gasteiger partial charge in [0.1, 0.15) is 12.3 Å². The number of aliphatic carboxylic acids is 1. The van der Waals surface area contributed by atoms with Gasteiger partial charge in [0, 0.05) is 6.54 Å². The van der Waals surface area contributed by atoms with Crippen molar-refractivity contribution in [2.75, 3.05) is 24.6 Å². The maximum Gasteiger partial charge on any atom is 0.311 e. The van der Waals surface area contributed by atoms with Gasteiger partial charge >= 0.3 is 5.97 Å². The van der Waals surface area contributed by atoms with Gasteiger partial charge in [-0.25, -0.2) is 0 Å². The Hall–Kier alpha value is -2.57. The monoisotopic (exact) mass is 304 g/mol. The molecule has 2 amide bonds. The fraction of sp³-hybridized carbons (Fsp3) is 0.400. The number of benzene rings is 1. The summed E-state index contributed by atoms with van der Waals surface area (Å²) in [5.74, 6) is -1.01. The minimum atomic E-state index is -0.888. The molecule has 116 valence electrons. The topological polar surface area (TPSA) is 95.9 Å². The van der Waals surface area contributed by atoms with Crippen LogP contribution < -0.4 is 15.0 Å². The van der Waals surface area contributed by atoms with Crippen molar-refractivity contribution in [3.63, 3.8) is 0 Å². The first-order valence-corrected chi connectivity index (χ1v) is 7.04. The van der Waals surface area contributed by atoms with E-state index in [1.807, 2.05) is 0 Å². The molecular weight excluding hydrogens is 288 g/mol. The highest BCUT2D eigenvalue weighted by atomic mass is 16.5. The number of nitrogens with zero attached hydrogens (tertiary/aromatic N) is 1. The molecule has 0 unspecified atom stereocenters. The molecule has 0 bridgehead atoms. The third-order valence-corrected chi connectivity index (χ3v) is 4.04. The van der Waals surface area contributed by atoms with Crippen LogP contribution in [0, 0.1) is 5.41 Å². The largest absolute Gasteiger partial charge is 0.482 e. The predicted octanol–water partition coefficient (Wildman–Crippen LogP) is 0.393. The Morgan fingerprint density at radius 3 is 2.73 bits per heavy atom. The molecule has 1 aliphatic heterocycles. The van der Waals surface area contributed by atoms with Crippen LogP contribution in [-0.4, -0.2) is 42.6 Å². The third-order valence-electron chi connectivity index (χ3n) is 4.04. The van der Waals surface area contributed by atoms with E-state index < -0.39 is 11.4 Å². The predicted molar refractivity (Wildman–Crippen MR) is 76.6 cm³/mol. The second-order valence-corrected chi connectivity index (χ2v) is 5.60. The lowest BCUT2D eigenvalue weighted by molar-refractivity contribution is -0.143. The molecule has 1 saturated carbocycles. The van der Waals surface area contributed by atoms with Crippen molar-refractivity contribution in [3.05, 3.63) is 24.3 Å². The summed E-state index contributed by atoms with van der Waals surface area (Å²) in [6.07, 6.45) is 1.14. The van der Waals surface area contributed by atoms with Gasteiger partial charge in [-0.15, -0.1) is 0 Å². The summed E-state index contributed by atoms with van der Waals surface area (Å²) >= 11 is 0. The first-order chi connectivity index (χ1) is 10.5. The normalized spacial score (nSPS) is 18.2. The number of rotatable bonds is 5. The summed E-state index contributed by atoms with van der Waals surface area (Å²) in [6.45, 7) is -0.153. The van der Waals surface area contributed by atoms with Crippen LogP contribution in [0.15, 0.2) is 24.3 Å². The first kappa shape index (κ1) is 14.4. The molecule has 22 heavy (non-hydrogen) atoms. The highest BCUT2D eigenvalue weighted by Gasteiger charge is 2.50. The molecule has 0 spiro atoms. The molecule has 1 aromatic rings. The molecule has 7 nitrogen and oxygen atoms in total. The molecular formula is C15H16N2O5. The van der Waals surface area contributed by atoms with Gasteiger partial charge in [0.15, 0.2) is 6.61 Å². The van der Waals surface area contributed by atoms with Crippen LogP contribution in [0.1, 0.15) is 12.8 Å². The summed E-state index contributed by atoms with van der Waals surface area (Å²) in [7, 11) is 0. The number of carbonyl (C=O) groups excluding carboxylic acids is 2. The molecule has 1 fully saturated rings. The van der Waals surface area contributed by atoms with Crippen LogP contribution in [-0.2, 0) is 14.4 Å². The Labute approximate surface area is 126 Å². The van der Waals surface area contributed by atoms with E-state index in [1.165, 1.54) is 4.90 Å². The van der Waals surface area contributed by atoms with E-state index in [0.29, 0.717) is 24.3 Å². The van der Waals surface area contributed by atoms with Crippen molar-refractivity contribution in [3.8, 4) is 5.75 Å². The lowest BCUT2D eigenvalue weighted by atomic mass is 10.1. The number of carboxylic acid groups (broad SMARTS) is 1. The zero-order chi connectivity index (χ0) is 15.7. The Morgan fingerprint density at radius 2 is 2.05 bits per heavy atom. The maximum atomic E-state index is 12.0. The fourth-order valence-corrected chi connectivity index (χ4v) is 2.41. The van der Waals surface area contributed by atoms with Crippen LogP contribution in [0.2, 0.25) is 0 Å². The molecule has 2 N–H and O–H groups in total. The van der Waals surface area contributed by atoms with Crippen LogP contribution in [0.3, 0.4) is 0 Å². The van der Waals surface area contributed by atoms with Crippen molar-refractivity contribution in [1.29, 1.82) is 0 Å². The highest BCUT2D eigenvalue weighted by Crippen LogP contribution is 2.45. The summed E-state index contributed by atoms with van der Waals surface area (Å²) in [5, 5.41) is 11.7. The molecule has 1 heterocycles. The van der Waals surface area contributed by atoms with Crippen molar-refractivity contribution in [2.24, 2.45) is 5.41 Å². The van der Waals surface area contributed by atoms with Crippen molar-refractivity contribution in [2.45, 2.75) is 12.8 Å². The number of amides is 2. The van der Waals surface area contributed by atoms with Crippen molar-refractivity contribution >= 4 is 23.5 Å². The van der Waals surface area contributed by atoms with Gasteiger partial charge in [0.2, 0.25) is 5.91 Å². The molecule has 0 radical (unpaired) electrons. The summed E-state index contributed by atoms with van der Waals surface area (Å²) in [5.41, 5.74) is -0.268. The number of para-hydroxylation sites is 2. The lowest BCUT2D eigenvalue weighted by Gasteiger charge is -2.28. The van der Waals surface area contributed by atoms with Gasteiger partial charge in [-0.05, 0) is 25.0 Å². The van der Waals surface area contributed by atoms with E-state index in [-0.39, 0.29) is 31.5 Å². The minimum absolute atomic E-state index is 0.0986. The molecule has 0 atom stereocenters. The molecule has 0 aromatic heterocycles. The van der Waals surface area contributed by atoms with E-state index in [9.17, 15) is 14.4 Å². The quantitative estimate of drug-likeness (QED) is 0.820. The maximum absolute atomic E-state index is 12.0. The number of carboxylic acids is 1. The second-order valence-electron chi connectivity index (χ2n) is 5.60. The fourth-order valence-electron chi connectivity index (χ4n) is 2.41. The van der Waals surface area contributed by atoms with Crippen molar-refractivity contribution in [1.82, 2.24) is 5.32 Å². The molecule has 3 rings (SSSR count). The van der Waals surface area contributed by atoms with Gasteiger partial charge in [-0.2, -0.15) is 0 Å². The Kier molecular flexibility index (Phi) is 3.48. The zero-order valence-electron chi connectivity index (χ0n) is 11.9. The summed E-state index contributed by atoms with van der Waals surface area (Å²) in [4.78, 5) is 36.4. The average Bonchev–Trinajstić information content (AvgIpc) is 3.29. The number of anilines is 1. The van der Waals surface area contributed by atoms with E-state index in [4.69, 9.17) is 9.84 Å². The lowest BCUT2D eigenvalue weighted by Crippen LogP contribution is -2.46. The van der Waals surface area contributed by atoms with E-state index >= 15 is 0 Å². The van der Waals surface area contributed by atoms with Gasteiger partial charge in [-0.3, -0.25) is 19.3 Å². The third kappa shape index (κ3) is 2.61. The number of hydrogen-bond acceptors (Lipinski definition) is 4. The Morgan fingerprint density at radius 1 is 1.32 bits per heavy atom. The van der Waals surface area contributed by atoms with E-state index in [1.54, 1.807) is 24.3 Å². The van der Waals surface area contributed by atoms with Crippen molar-refractivity contribution < 1.29 is 24.2 Å². The van der Waals surface area contributed by atoms with Crippen LogP contribution in [0.4, 0.5) is 5.69 Å². The van der Waals surface area contributed by atoms with Crippen LogP contribution >= 0.6 is 0 Å². The molecule has 2 aliphatic rings. The number of fused-ring (bicyclic) bond motifs is 1. The SMILES string of the molecule is O=C(CN1C(=O)COc2ccccc21)NCC1(C(=O)O)CC1.